The van der Waals surface area contributed by atoms with Gasteiger partial charge >= 0.3 is 6.09 Å². The summed E-state index contributed by atoms with van der Waals surface area (Å²) in [5.74, 6) is 0.763. The van der Waals surface area contributed by atoms with Crippen LogP contribution in [-0.4, -0.2) is 53.2 Å². The molecule has 0 radical (unpaired) electrons. The highest BCUT2D eigenvalue weighted by molar-refractivity contribution is 14.0. The predicted octanol–water partition coefficient (Wildman–Crippen LogP) is 4.16. The van der Waals surface area contributed by atoms with Crippen molar-refractivity contribution in [2.45, 2.75) is 73.1 Å². The van der Waals surface area contributed by atoms with E-state index in [0.717, 1.165) is 30.5 Å². The van der Waals surface area contributed by atoms with Crippen molar-refractivity contribution in [3.05, 3.63) is 16.1 Å². The molecule has 1 rings (SSSR count). The first-order valence-electron chi connectivity index (χ1n) is 9.55. The number of carbonyl (C=O) groups is 1. The van der Waals surface area contributed by atoms with Crippen LogP contribution in [0.5, 0.6) is 0 Å². The number of rotatable bonds is 8. The van der Waals surface area contributed by atoms with Crippen LogP contribution in [0.3, 0.4) is 0 Å². The van der Waals surface area contributed by atoms with E-state index >= 15 is 0 Å². The van der Waals surface area contributed by atoms with E-state index in [1.165, 1.54) is 4.88 Å². The molecule has 0 bridgehead atoms. The lowest BCUT2D eigenvalue weighted by molar-refractivity contribution is 0.0190. The largest absolute Gasteiger partial charge is 0.444 e. The Balaban J connectivity index is 0.00000729. The second-order valence-corrected chi connectivity index (χ2v) is 8.93. The third-order valence-electron chi connectivity index (χ3n) is 3.51. The molecule has 0 aromatic carbocycles. The van der Waals surface area contributed by atoms with Crippen LogP contribution in [-0.2, 0) is 11.3 Å². The zero-order valence-electron chi connectivity index (χ0n) is 18.2. The summed E-state index contributed by atoms with van der Waals surface area (Å²) in [5.41, 5.74) is -0.485. The minimum atomic E-state index is -0.485. The maximum atomic E-state index is 12.3. The zero-order valence-corrected chi connectivity index (χ0v) is 21.3. The number of halogens is 1. The number of guanidine groups is 1. The van der Waals surface area contributed by atoms with Gasteiger partial charge in [-0.15, -0.1) is 35.3 Å². The van der Waals surface area contributed by atoms with Crippen molar-refractivity contribution < 1.29 is 9.53 Å². The van der Waals surface area contributed by atoms with E-state index in [-0.39, 0.29) is 36.1 Å². The Hall–Kier alpha value is -1.10. The van der Waals surface area contributed by atoms with Crippen molar-refractivity contribution in [2.75, 3.05) is 19.6 Å². The number of thiazole rings is 1. The summed E-state index contributed by atoms with van der Waals surface area (Å²) < 4.78 is 5.49. The Morgan fingerprint density at radius 3 is 2.54 bits per heavy atom. The number of nitrogens with one attached hydrogen (secondary N) is 2. The summed E-state index contributed by atoms with van der Waals surface area (Å²) in [7, 11) is 0. The molecule has 7 nitrogen and oxygen atoms in total. The minimum Gasteiger partial charge on any atom is -0.444 e. The molecule has 0 atom stereocenters. The van der Waals surface area contributed by atoms with E-state index in [9.17, 15) is 4.79 Å². The van der Waals surface area contributed by atoms with Crippen LogP contribution < -0.4 is 10.6 Å². The lowest BCUT2D eigenvalue weighted by Crippen LogP contribution is -2.43. The molecule has 0 saturated carbocycles. The fourth-order valence-electron chi connectivity index (χ4n) is 2.30. The van der Waals surface area contributed by atoms with E-state index in [0.29, 0.717) is 13.1 Å². The highest BCUT2D eigenvalue weighted by Gasteiger charge is 2.23. The first-order valence-corrected chi connectivity index (χ1v) is 10.4. The number of amides is 1. The van der Waals surface area contributed by atoms with Gasteiger partial charge in [0.2, 0.25) is 0 Å². The molecular weight excluding hydrogens is 489 g/mol. The third kappa shape index (κ3) is 11.0. The molecule has 2 N–H and O–H groups in total. The van der Waals surface area contributed by atoms with Gasteiger partial charge in [0, 0.05) is 36.8 Å². The fraction of sp³-hybridized carbons (Fsp3) is 0.737. The second kappa shape index (κ2) is 13.2. The molecule has 28 heavy (non-hydrogen) atoms. The van der Waals surface area contributed by atoms with E-state index in [4.69, 9.17) is 4.74 Å². The third-order valence-corrected chi connectivity index (χ3v) is 4.40. The Bertz CT molecular complexity index is 614. The van der Waals surface area contributed by atoms with Gasteiger partial charge in [-0.3, -0.25) is 0 Å². The van der Waals surface area contributed by atoms with Crippen LogP contribution >= 0.6 is 35.3 Å². The van der Waals surface area contributed by atoms with Gasteiger partial charge in [-0.2, -0.15) is 0 Å². The van der Waals surface area contributed by atoms with Crippen LogP contribution in [0.15, 0.2) is 11.2 Å². The van der Waals surface area contributed by atoms with Gasteiger partial charge < -0.3 is 20.3 Å². The van der Waals surface area contributed by atoms with Gasteiger partial charge in [-0.25, -0.2) is 14.8 Å². The fourth-order valence-corrected chi connectivity index (χ4v) is 3.01. The van der Waals surface area contributed by atoms with E-state index in [1.54, 1.807) is 16.2 Å². The molecule has 162 valence electrons. The molecule has 1 aromatic rings. The molecule has 0 saturated heterocycles. The monoisotopic (exact) mass is 525 g/mol. The Morgan fingerprint density at radius 1 is 1.36 bits per heavy atom. The lowest BCUT2D eigenvalue weighted by atomic mass is 10.2. The average Bonchev–Trinajstić information content (AvgIpc) is 2.95. The number of aryl methyl sites for hydroxylation is 1. The van der Waals surface area contributed by atoms with Crippen molar-refractivity contribution in [2.24, 2.45) is 4.99 Å². The molecular formula is C19H36IN5O2S. The quantitative estimate of drug-likeness (QED) is 0.231. The molecule has 0 spiro atoms. The number of carbonyl (C=O) groups excluding carboxylic acids is 1. The molecule has 1 amide bonds. The summed E-state index contributed by atoms with van der Waals surface area (Å²) in [5, 5.41) is 7.55. The normalized spacial score (nSPS) is 11.8. The first-order chi connectivity index (χ1) is 12.6. The Kier molecular flexibility index (Phi) is 12.7. The number of hydrogen-bond acceptors (Lipinski definition) is 5. The molecule has 0 aliphatic rings. The predicted molar refractivity (Wildman–Crippen MR) is 128 cm³/mol. The van der Waals surface area contributed by atoms with Gasteiger partial charge in [-0.1, -0.05) is 0 Å². The van der Waals surface area contributed by atoms with Crippen molar-refractivity contribution in [3.63, 3.8) is 0 Å². The van der Waals surface area contributed by atoms with Crippen molar-refractivity contribution in [1.29, 1.82) is 0 Å². The molecule has 1 aromatic heterocycles. The minimum absolute atomic E-state index is 0. The summed E-state index contributed by atoms with van der Waals surface area (Å²) in [6.45, 7) is 16.4. The number of nitrogens with zero attached hydrogens (tertiary/aromatic N) is 3. The van der Waals surface area contributed by atoms with Gasteiger partial charge in [0.1, 0.15) is 10.6 Å². The van der Waals surface area contributed by atoms with Gasteiger partial charge in [0.25, 0.3) is 0 Å². The van der Waals surface area contributed by atoms with Crippen LogP contribution in [0, 0.1) is 6.92 Å². The second-order valence-electron chi connectivity index (χ2n) is 7.61. The van der Waals surface area contributed by atoms with Gasteiger partial charge in [0.05, 0.1) is 6.54 Å². The van der Waals surface area contributed by atoms with E-state index in [2.05, 4.69) is 20.6 Å². The van der Waals surface area contributed by atoms with Gasteiger partial charge in [0.15, 0.2) is 5.96 Å². The SMILES string of the molecule is CCNC(=NCc1ncc(C)s1)NCCCN(C(=O)OC(C)(C)C)C(C)C.I. The molecule has 0 unspecified atom stereocenters. The summed E-state index contributed by atoms with van der Waals surface area (Å²) in [6.07, 6.45) is 2.41. The Morgan fingerprint density at radius 2 is 2.04 bits per heavy atom. The molecule has 9 heteroatoms. The molecule has 1 heterocycles. The topological polar surface area (TPSA) is 78.9 Å². The first kappa shape index (κ1) is 26.9. The number of aromatic nitrogens is 1. The van der Waals surface area contributed by atoms with Crippen LogP contribution in [0.1, 0.15) is 57.8 Å². The summed E-state index contributed by atoms with van der Waals surface area (Å²) in [4.78, 5) is 24.2. The van der Waals surface area contributed by atoms with Crippen LogP contribution in [0.2, 0.25) is 0 Å². The number of hydrogen-bond donors (Lipinski definition) is 2. The zero-order chi connectivity index (χ0) is 20.4. The number of aliphatic imine (C=N–C) groups is 1. The Labute approximate surface area is 190 Å². The summed E-state index contributed by atoms with van der Waals surface area (Å²) in [6, 6.07) is 0.0925. The molecule has 0 aliphatic carbocycles. The van der Waals surface area contributed by atoms with E-state index < -0.39 is 5.60 Å². The maximum absolute atomic E-state index is 12.3. The van der Waals surface area contributed by atoms with Crippen molar-refractivity contribution >= 4 is 47.4 Å². The highest BCUT2D eigenvalue weighted by atomic mass is 127. The smallest absolute Gasteiger partial charge is 0.410 e. The van der Waals surface area contributed by atoms with Crippen LogP contribution in [0.4, 0.5) is 4.79 Å². The lowest BCUT2D eigenvalue weighted by Gasteiger charge is -2.30. The van der Waals surface area contributed by atoms with Crippen molar-refractivity contribution in [3.8, 4) is 0 Å². The average molecular weight is 526 g/mol. The van der Waals surface area contributed by atoms with E-state index in [1.807, 2.05) is 54.7 Å². The van der Waals surface area contributed by atoms with Gasteiger partial charge in [-0.05, 0) is 54.9 Å². The number of ether oxygens (including phenoxy) is 1. The molecule has 0 aliphatic heterocycles. The summed E-state index contributed by atoms with van der Waals surface area (Å²) >= 11 is 1.66. The van der Waals surface area contributed by atoms with Crippen molar-refractivity contribution in [1.82, 2.24) is 20.5 Å². The molecule has 0 fully saturated rings. The standard InChI is InChI=1S/C19H35N5O2S.HI/c1-8-20-17(23-13-16-22-12-15(4)27-16)21-10-9-11-24(14(2)3)18(25)26-19(5,6)7;/h12,14H,8-11,13H2,1-7H3,(H2,20,21,23);1H. The highest BCUT2D eigenvalue weighted by Crippen LogP contribution is 2.13. The van der Waals surface area contributed by atoms with Crippen LogP contribution in [0.25, 0.3) is 0 Å². The maximum Gasteiger partial charge on any atom is 0.410 e.